The van der Waals surface area contributed by atoms with Gasteiger partial charge in [0.15, 0.2) is 0 Å². The number of anilines is 1. The number of aromatic nitrogens is 3. The smallest absolute Gasteiger partial charge is 0.254 e. The van der Waals surface area contributed by atoms with E-state index in [0.29, 0.717) is 21.8 Å². The predicted octanol–water partition coefficient (Wildman–Crippen LogP) is 2.64. The second-order valence-electron chi connectivity index (χ2n) is 6.09. The summed E-state index contributed by atoms with van der Waals surface area (Å²) in [7, 11) is 3.36. The second kappa shape index (κ2) is 7.13. The van der Waals surface area contributed by atoms with E-state index in [9.17, 15) is 9.59 Å². The van der Waals surface area contributed by atoms with E-state index in [1.807, 2.05) is 6.92 Å². The summed E-state index contributed by atoms with van der Waals surface area (Å²) in [6.07, 6.45) is 0. The van der Waals surface area contributed by atoms with Gasteiger partial charge >= 0.3 is 0 Å². The monoisotopic (exact) mass is 371 g/mol. The summed E-state index contributed by atoms with van der Waals surface area (Å²) in [6.45, 7) is 1.78. The number of nitrogens with one attached hydrogen (secondary N) is 1. The molecular weight excluding hydrogens is 354 g/mol. The van der Waals surface area contributed by atoms with E-state index >= 15 is 0 Å². The molecule has 0 aliphatic carbocycles. The molecule has 0 saturated carbocycles. The lowest BCUT2D eigenvalue weighted by atomic mass is 10.1. The maximum atomic E-state index is 12.6. The summed E-state index contributed by atoms with van der Waals surface area (Å²) in [5.41, 5.74) is 3.44. The molecule has 0 radical (unpaired) electrons. The molecule has 0 bridgehead atoms. The molecule has 1 N–H and O–H groups in total. The summed E-state index contributed by atoms with van der Waals surface area (Å²) in [5, 5.41) is 11.3. The van der Waals surface area contributed by atoms with Crippen LogP contribution in [0.1, 0.15) is 15.9 Å². The van der Waals surface area contributed by atoms with Crippen molar-refractivity contribution in [3.05, 3.63) is 52.5 Å². The molecule has 1 heterocycles. The van der Waals surface area contributed by atoms with Crippen LogP contribution in [0, 0.1) is 6.92 Å². The highest BCUT2D eigenvalue weighted by molar-refractivity contribution is 6.30. The third kappa shape index (κ3) is 3.67. The highest BCUT2D eigenvalue weighted by atomic mass is 35.5. The van der Waals surface area contributed by atoms with Gasteiger partial charge in [-0.3, -0.25) is 9.59 Å². The van der Waals surface area contributed by atoms with Gasteiger partial charge in [-0.2, -0.15) is 0 Å². The summed E-state index contributed by atoms with van der Waals surface area (Å²) < 4.78 is 1.63. The Morgan fingerprint density at radius 1 is 1.23 bits per heavy atom. The number of benzene rings is 2. The number of hydrogen-bond acceptors (Lipinski definition) is 4. The molecule has 26 heavy (non-hydrogen) atoms. The van der Waals surface area contributed by atoms with Crippen molar-refractivity contribution in [1.29, 1.82) is 0 Å². The molecule has 0 aliphatic heterocycles. The van der Waals surface area contributed by atoms with E-state index in [0.717, 1.165) is 11.1 Å². The quantitative estimate of drug-likeness (QED) is 0.764. The van der Waals surface area contributed by atoms with E-state index in [2.05, 4.69) is 15.6 Å². The molecule has 7 nitrogen and oxygen atoms in total. The van der Waals surface area contributed by atoms with Gasteiger partial charge in [0, 0.05) is 30.4 Å². The first-order valence-electron chi connectivity index (χ1n) is 7.96. The maximum absolute atomic E-state index is 12.6. The molecule has 3 rings (SSSR count). The molecule has 0 aliphatic rings. The number of amides is 2. The average Bonchev–Trinajstić information content (AvgIpc) is 2.97. The second-order valence-corrected chi connectivity index (χ2v) is 6.52. The number of carbonyl (C=O) groups excluding carboxylic acids is 2. The van der Waals surface area contributed by atoms with Crippen molar-refractivity contribution in [3.8, 4) is 0 Å². The van der Waals surface area contributed by atoms with Gasteiger partial charge in [-0.25, -0.2) is 4.68 Å². The highest BCUT2D eigenvalue weighted by Gasteiger charge is 2.17. The zero-order chi connectivity index (χ0) is 18.8. The van der Waals surface area contributed by atoms with Crippen LogP contribution in [0.3, 0.4) is 0 Å². The minimum Gasteiger partial charge on any atom is -0.332 e. The van der Waals surface area contributed by atoms with Gasteiger partial charge in [0.1, 0.15) is 5.52 Å². The zero-order valence-corrected chi connectivity index (χ0v) is 15.4. The van der Waals surface area contributed by atoms with Crippen LogP contribution in [0.15, 0.2) is 36.4 Å². The Kier molecular flexibility index (Phi) is 4.90. The topological polar surface area (TPSA) is 80.1 Å². The van der Waals surface area contributed by atoms with Crippen molar-refractivity contribution in [1.82, 2.24) is 19.9 Å². The van der Waals surface area contributed by atoms with Crippen molar-refractivity contribution < 1.29 is 9.59 Å². The molecule has 0 spiro atoms. The lowest BCUT2D eigenvalue weighted by Crippen LogP contribution is -2.35. The van der Waals surface area contributed by atoms with E-state index in [4.69, 9.17) is 11.6 Å². The van der Waals surface area contributed by atoms with Gasteiger partial charge < -0.3 is 10.2 Å². The van der Waals surface area contributed by atoms with Gasteiger partial charge in [0.05, 0.1) is 12.1 Å². The minimum atomic E-state index is -0.285. The van der Waals surface area contributed by atoms with Crippen LogP contribution in [0.2, 0.25) is 5.02 Å². The lowest BCUT2D eigenvalue weighted by molar-refractivity contribution is -0.116. The lowest BCUT2D eigenvalue weighted by Gasteiger charge is -2.17. The number of aryl methyl sites for hydroxylation is 2. The van der Waals surface area contributed by atoms with Crippen molar-refractivity contribution in [2.75, 3.05) is 18.9 Å². The minimum absolute atomic E-state index is 0.0700. The Bertz CT molecular complexity index is 998. The number of likely N-dealkylation sites (N-methyl/N-ethyl adjacent to an activating group) is 1. The summed E-state index contributed by atoms with van der Waals surface area (Å²) in [4.78, 5) is 26.2. The first-order chi connectivity index (χ1) is 12.3. The number of rotatable bonds is 4. The van der Waals surface area contributed by atoms with Crippen LogP contribution >= 0.6 is 11.6 Å². The first-order valence-corrected chi connectivity index (χ1v) is 8.34. The van der Waals surface area contributed by atoms with Crippen molar-refractivity contribution in [2.45, 2.75) is 6.92 Å². The molecule has 0 fully saturated rings. The standard InChI is InChI=1S/C18H18ClN5O2/c1-11-8-13(19)5-6-14(11)20-17(25)10-23(2)18(26)12-4-7-16-15(9-12)21-22-24(16)3/h4-9H,10H2,1-3H3,(H,20,25). The number of nitrogens with zero attached hydrogens (tertiary/aromatic N) is 4. The molecule has 0 atom stereocenters. The van der Waals surface area contributed by atoms with Gasteiger partial charge in [0.25, 0.3) is 5.91 Å². The number of carbonyl (C=O) groups is 2. The maximum Gasteiger partial charge on any atom is 0.254 e. The third-order valence-corrected chi connectivity index (χ3v) is 4.28. The van der Waals surface area contributed by atoms with Crippen LogP contribution in [0.4, 0.5) is 5.69 Å². The molecule has 1 aromatic heterocycles. The molecule has 2 aromatic carbocycles. The molecule has 3 aromatic rings. The Labute approximate surface area is 155 Å². The first kappa shape index (κ1) is 17.9. The molecule has 0 unspecified atom stereocenters. The van der Waals surface area contributed by atoms with Crippen molar-refractivity contribution in [3.63, 3.8) is 0 Å². The van der Waals surface area contributed by atoms with Gasteiger partial charge in [-0.1, -0.05) is 16.8 Å². The van der Waals surface area contributed by atoms with Gasteiger partial charge in [-0.05, 0) is 48.9 Å². The van der Waals surface area contributed by atoms with E-state index in [-0.39, 0.29) is 18.4 Å². The van der Waals surface area contributed by atoms with Gasteiger partial charge in [-0.15, -0.1) is 5.10 Å². The Morgan fingerprint density at radius 3 is 2.73 bits per heavy atom. The highest BCUT2D eigenvalue weighted by Crippen LogP contribution is 2.19. The summed E-state index contributed by atoms with van der Waals surface area (Å²) >= 11 is 5.91. The number of fused-ring (bicyclic) bond motifs is 1. The van der Waals surface area contributed by atoms with Crippen LogP contribution in [-0.4, -0.2) is 45.3 Å². The summed E-state index contributed by atoms with van der Waals surface area (Å²) in [6, 6.07) is 10.4. The average molecular weight is 372 g/mol. The SMILES string of the molecule is Cc1cc(Cl)ccc1NC(=O)CN(C)C(=O)c1ccc2c(c1)nnn2C. The number of hydrogen-bond donors (Lipinski definition) is 1. The fraction of sp³-hybridized carbons (Fsp3) is 0.222. The molecule has 2 amide bonds. The Balaban J connectivity index is 1.68. The molecule has 0 saturated heterocycles. The number of halogens is 1. The van der Waals surface area contributed by atoms with Crippen molar-refractivity contribution >= 4 is 40.1 Å². The van der Waals surface area contributed by atoms with Crippen LogP contribution < -0.4 is 5.32 Å². The Hall–Kier alpha value is -2.93. The Morgan fingerprint density at radius 2 is 2.00 bits per heavy atom. The van der Waals surface area contributed by atoms with Crippen molar-refractivity contribution in [2.24, 2.45) is 7.05 Å². The molecule has 134 valence electrons. The van der Waals surface area contributed by atoms with Crippen LogP contribution in [0.25, 0.3) is 11.0 Å². The third-order valence-electron chi connectivity index (χ3n) is 4.05. The van der Waals surface area contributed by atoms with E-state index in [1.165, 1.54) is 4.90 Å². The fourth-order valence-corrected chi connectivity index (χ4v) is 2.86. The van der Waals surface area contributed by atoms with Gasteiger partial charge in [0.2, 0.25) is 5.91 Å². The summed E-state index contributed by atoms with van der Waals surface area (Å²) in [5.74, 6) is -0.549. The van der Waals surface area contributed by atoms with E-state index in [1.54, 1.807) is 55.2 Å². The fourth-order valence-electron chi connectivity index (χ4n) is 2.64. The molecule has 8 heteroatoms. The predicted molar refractivity (Wildman–Crippen MR) is 100 cm³/mol. The zero-order valence-electron chi connectivity index (χ0n) is 14.7. The van der Waals surface area contributed by atoms with Crippen LogP contribution in [-0.2, 0) is 11.8 Å². The van der Waals surface area contributed by atoms with Crippen LogP contribution in [0.5, 0.6) is 0 Å². The molecular formula is C18H18ClN5O2. The normalized spacial score (nSPS) is 10.8. The largest absolute Gasteiger partial charge is 0.332 e. The van der Waals surface area contributed by atoms with E-state index < -0.39 is 0 Å².